The summed E-state index contributed by atoms with van der Waals surface area (Å²) >= 11 is 0. The Labute approximate surface area is 118 Å². The summed E-state index contributed by atoms with van der Waals surface area (Å²) in [4.78, 5) is 2.45. The fraction of sp³-hybridized carbons (Fsp3) is 0.400. The van der Waals surface area contributed by atoms with Crippen LogP contribution < -0.4 is 5.32 Å². The van der Waals surface area contributed by atoms with E-state index in [0.717, 1.165) is 32.7 Å². The molecule has 0 amide bonds. The van der Waals surface area contributed by atoms with Crippen molar-refractivity contribution in [3.05, 3.63) is 48.3 Å². The first kappa shape index (κ1) is 13.1. The smallest absolute Gasteiger partial charge is 0.115 e. The van der Waals surface area contributed by atoms with E-state index in [-0.39, 0.29) is 0 Å². The lowest BCUT2D eigenvalue weighted by Crippen LogP contribution is -2.46. The van der Waals surface area contributed by atoms with Gasteiger partial charge in [0.25, 0.3) is 0 Å². The van der Waals surface area contributed by atoms with E-state index < -0.39 is 0 Å². The molecule has 3 rings (SSSR count). The van der Waals surface area contributed by atoms with Crippen molar-refractivity contribution in [2.45, 2.75) is 12.6 Å². The maximum Gasteiger partial charge on any atom is 0.115 e. The van der Waals surface area contributed by atoms with Crippen molar-refractivity contribution in [3.63, 3.8) is 0 Å². The molecule has 0 bridgehead atoms. The third kappa shape index (κ3) is 3.18. The Balaban J connectivity index is 1.57. The molecule has 1 atom stereocenters. The van der Waals surface area contributed by atoms with Crippen molar-refractivity contribution in [3.8, 4) is 5.75 Å². The largest absolute Gasteiger partial charge is 0.508 e. The molecule has 20 heavy (non-hydrogen) atoms. The Morgan fingerprint density at radius 2 is 2.10 bits per heavy atom. The van der Waals surface area contributed by atoms with E-state index in [2.05, 4.69) is 15.3 Å². The van der Waals surface area contributed by atoms with Crippen molar-refractivity contribution in [2.24, 2.45) is 0 Å². The van der Waals surface area contributed by atoms with Gasteiger partial charge in [0.05, 0.1) is 6.54 Å². The van der Waals surface area contributed by atoms with Crippen LogP contribution in [0.25, 0.3) is 0 Å². The van der Waals surface area contributed by atoms with Crippen molar-refractivity contribution >= 4 is 0 Å². The second kappa shape index (κ2) is 6.07. The minimum atomic E-state index is 0.320. The Bertz CT molecular complexity index is 523. The van der Waals surface area contributed by atoms with Gasteiger partial charge in [0, 0.05) is 44.6 Å². The van der Waals surface area contributed by atoms with Gasteiger partial charge in [0.15, 0.2) is 0 Å². The third-order valence-electron chi connectivity index (χ3n) is 3.76. The Morgan fingerprint density at radius 3 is 2.85 bits per heavy atom. The van der Waals surface area contributed by atoms with E-state index in [1.807, 2.05) is 35.3 Å². The quantitative estimate of drug-likeness (QED) is 0.879. The molecule has 5 nitrogen and oxygen atoms in total. The van der Waals surface area contributed by atoms with Gasteiger partial charge in [-0.25, -0.2) is 0 Å². The molecule has 1 aliphatic heterocycles. The molecule has 2 aromatic rings. The van der Waals surface area contributed by atoms with Crippen LogP contribution in [0.1, 0.15) is 11.6 Å². The van der Waals surface area contributed by atoms with Crippen LogP contribution in [-0.4, -0.2) is 46.0 Å². The lowest BCUT2D eigenvalue weighted by molar-refractivity contribution is 0.192. The van der Waals surface area contributed by atoms with Crippen LogP contribution in [0.5, 0.6) is 5.75 Å². The van der Waals surface area contributed by atoms with Crippen molar-refractivity contribution < 1.29 is 5.11 Å². The molecule has 1 aromatic heterocycles. The molecular weight excluding hydrogens is 252 g/mol. The average Bonchev–Trinajstić information content (AvgIpc) is 3.00. The van der Waals surface area contributed by atoms with Gasteiger partial charge in [-0.3, -0.25) is 9.58 Å². The second-order valence-electron chi connectivity index (χ2n) is 5.17. The summed E-state index contributed by atoms with van der Waals surface area (Å²) in [5, 5.41) is 17.1. The van der Waals surface area contributed by atoms with E-state index in [4.69, 9.17) is 0 Å². The summed E-state index contributed by atoms with van der Waals surface area (Å²) < 4.78 is 1.97. The van der Waals surface area contributed by atoms with E-state index in [1.54, 1.807) is 12.1 Å². The number of piperazine rings is 1. The van der Waals surface area contributed by atoms with Crippen LogP contribution in [0.15, 0.2) is 42.7 Å². The number of hydrogen-bond donors (Lipinski definition) is 2. The molecule has 0 spiro atoms. The Morgan fingerprint density at radius 1 is 1.25 bits per heavy atom. The maximum atomic E-state index is 9.36. The molecule has 1 fully saturated rings. The average molecular weight is 272 g/mol. The van der Waals surface area contributed by atoms with Crippen molar-refractivity contribution in [1.82, 2.24) is 20.0 Å². The number of rotatable bonds is 4. The first-order valence-corrected chi connectivity index (χ1v) is 7.03. The van der Waals surface area contributed by atoms with Crippen LogP contribution in [-0.2, 0) is 6.54 Å². The Hall–Kier alpha value is -1.85. The highest BCUT2D eigenvalue weighted by atomic mass is 16.3. The molecular formula is C15H20N4O. The lowest BCUT2D eigenvalue weighted by Gasteiger charge is -2.34. The predicted molar refractivity (Wildman–Crippen MR) is 77.5 cm³/mol. The van der Waals surface area contributed by atoms with E-state index >= 15 is 0 Å². The number of nitrogens with zero attached hydrogens (tertiary/aromatic N) is 3. The molecule has 1 unspecified atom stereocenters. The number of nitrogens with one attached hydrogen (secondary N) is 1. The fourth-order valence-corrected chi connectivity index (χ4v) is 2.62. The molecule has 1 aromatic carbocycles. The first-order valence-electron chi connectivity index (χ1n) is 7.03. The Kier molecular flexibility index (Phi) is 3.99. The maximum absolute atomic E-state index is 9.36. The van der Waals surface area contributed by atoms with Crippen LogP contribution in [0.4, 0.5) is 0 Å². The normalized spacial score (nSPS) is 20.1. The molecule has 5 heteroatoms. The highest BCUT2D eigenvalue weighted by molar-refractivity contribution is 5.28. The molecule has 0 saturated carbocycles. The number of aromatic nitrogens is 2. The monoisotopic (exact) mass is 272 g/mol. The zero-order valence-corrected chi connectivity index (χ0v) is 11.4. The zero-order valence-electron chi connectivity index (χ0n) is 11.4. The van der Waals surface area contributed by atoms with Gasteiger partial charge in [-0.15, -0.1) is 0 Å². The molecule has 1 saturated heterocycles. The molecule has 0 aliphatic carbocycles. The van der Waals surface area contributed by atoms with E-state index in [0.29, 0.717) is 11.8 Å². The van der Waals surface area contributed by atoms with Crippen LogP contribution in [0.2, 0.25) is 0 Å². The molecule has 2 N–H and O–H groups in total. The van der Waals surface area contributed by atoms with Crippen LogP contribution in [0, 0.1) is 0 Å². The van der Waals surface area contributed by atoms with Gasteiger partial charge in [-0.05, 0) is 23.8 Å². The van der Waals surface area contributed by atoms with Gasteiger partial charge in [-0.2, -0.15) is 5.10 Å². The lowest BCUT2D eigenvalue weighted by atomic mass is 10.0. The first-order chi connectivity index (χ1) is 9.81. The minimum absolute atomic E-state index is 0.320. The number of aromatic hydroxyl groups is 1. The van der Waals surface area contributed by atoms with Crippen LogP contribution in [0.3, 0.4) is 0 Å². The molecule has 106 valence electrons. The highest BCUT2D eigenvalue weighted by Crippen LogP contribution is 2.19. The van der Waals surface area contributed by atoms with Gasteiger partial charge in [0.2, 0.25) is 0 Å². The summed E-state index contributed by atoms with van der Waals surface area (Å²) in [7, 11) is 0. The van der Waals surface area contributed by atoms with Gasteiger partial charge >= 0.3 is 0 Å². The number of phenols is 1. The van der Waals surface area contributed by atoms with Crippen molar-refractivity contribution in [1.29, 1.82) is 0 Å². The summed E-state index contributed by atoms with van der Waals surface area (Å²) in [5.41, 5.74) is 1.23. The van der Waals surface area contributed by atoms with E-state index in [9.17, 15) is 5.11 Å². The van der Waals surface area contributed by atoms with Gasteiger partial charge in [0.1, 0.15) is 5.75 Å². The molecule has 1 aliphatic rings. The minimum Gasteiger partial charge on any atom is -0.508 e. The van der Waals surface area contributed by atoms with Gasteiger partial charge in [-0.1, -0.05) is 12.1 Å². The van der Waals surface area contributed by atoms with E-state index in [1.165, 1.54) is 5.56 Å². The van der Waals surface area contributed by atoms with Crippen molar-refractivity contribution in [2.75, 3.05) is 26.2 Å². The molecule has 2 heterocycles. The fourth-order valence-electron chi connectivity index (χ4n) is 2.62. The van der Waals surface area contributed by atoms with Gasteiger partial charge < -0.3 is 10.4 Å². The summed E-state index contributed by atoms with van der Waals surface area (Å²) in [5.74, 6) is 0.320. The number of phenolic OH excluding ortho intramolecular Hbond substituents is 1. The molecule has 0 radical (unpaired) electrons. The topological polar surface area (TPSA) is 53.3 Å². The highest BCUT2D eigenvalue weighted by Gasteiger charge is 2.20. The van der Waals surface area contributed by atoms with Crippen LogP contribution >= 0.6 is 0 Å². The second-order valence-corrected chi connectivity index (χ2v) is 5.17. The zero-order chi connectivity index (χ0) is 13.8. The summed E-state index contributed by atoms with van der Waals surface area (Å²) in [6, 6.07) is 9.77. The third-order valence-corrected chi connectivity index (χ3v) is 3.76. The summed E-state index contributed by atoms with van der Waals surface area (Å²) in [6.45, 7) is 4.99. The SMILES string of the molecule is Oc1ccc(C2CN(CCn3cccn3)CCN2)cc1. The predicted octanol–water partition coefficient (Wildman–Crippen LogP) is 1.24. The number of benzene rings is 1. The summed E-state index contributed by atoms with van der Waals surface area (Å²) in [6.07, 6.45) is 3.82. The number of hydrogen-bond acceptors (Lipinski definition) is 4. The standard InChI is InChI=1S/C15H20N4O/c20-14-4-2-13(3-5-14)15-12-18(9-7-16-15)10-11-19-8-1-6-17-19/h1-6,8,15-16,20H,7,9-12H2.